The maximum Gasteiger partial charge on any atom is 0.0495 e. The third-order valence-corrected chi connectivity index (χ3v) is 10.4. The summed E-state index contributed by atoms with van der Waals surface area (Å²) in [6, 6.07) is 62.6. The van der Waals surface area contributed by atoms with E-state index in [9.17, 15) is 0 Å². The zero-order chi connectivity index (χ0) is 31.8. The predicted molar refractivity (Wildman–Crippen MR) is 207 cm³/mol. The highest BCUT2D eigenvalue weighted by Gasteiger charge is 2.18. The quantitative estimate of drug-likeness (QED) is 0.176. The van der Waals surface area contributed by atoms with Crippen LogP contribution in [0.2, 0.25) is 0 Å². The monoisotopic (exact) mass is 609 g/mol. The van der Waals surface area contributed by atoms with Gasteiger partial charge in [-0.15, -0.1) is 0 Å². The van der Waals surface area contributed by atoms with Crippen LogP contribution in [0.1, 0.15) is 0 Å². The van der Waals surface area contributed by atoms with Gasteiger partial charge in [0.2, 0.25) is 0 Å². The minimum atomic E-state index is 1.23. The molecular formula is C47H31N. The van der Waals surface area contributed by atoms with Gasteiger partial charge in [-0.1, -0.05) is 146 Å². The van der Waals surface area contributed by atoms with E-state index in [-0.39, 0.29) is 0 Å². The van der Waals surface area contributed by atoms with E-state index >= 15 is 0 Å². The molecule has 0 radical (unpaired) electrons. The van der Waals surface area contributed by atoms with Gasteiger partial charge >= 0.3 is 0 Å². The molecule has 1 heteroatoms. The van der Waals surface area contributed by atoms with Gasteiger partial charge in [0.1, 0.15) is 0 Å². The van der Waals surface area contributed by atoms with Crippen molar-refractivity contribution in [2.45, 2.75) is 0 Å². The third-order valence-electron chi connectivity index (χ3n) is 10.4. The molecule has 0 fully saturated rings. The smallest absolute Gasteiger partial charge is 0.0495 e. The standard InChI is InChI=1S/C47H31N/c1-48-43-26-25-36(29-42(43)47-37-13-5-4-11-32(37)24-27-44(47)48)46-40-16-8-6-14-38(40)45(39-15-7-9-17-41(39)46)33-21-18-31(19-22-33)35-23-20-30-10-2-3-12-34(30)28-35/h2-29H,1H3. The lowest BCUT2D eigenvalue weighted by molar-refractivity contribution is 1.01. The van der Waals surface area contributed by atoms with Crippen LogP contribution in [0.5, 0.6) is 0 Å². The Balaban J connectivity index is 1.20. The maximum absolute atomic E-state index is 2.43. The first-order valence-electron chi connectivity index (χ1n) is 16.7. The van der Waals surface area contributed by atoms with Crippen molar-refractivity contribution >= 4 is 64.9 Å². The van der Waals surface area contributed by atoms with Crippen LogP contribution < -0.4 is 0 Å². The highest BCUT2D eigenvalue weighted by atomic mass is 14.9. The number of hydrogen-bond donors (Lipinski definition) is 0. The second-order valence-corrected chi connectivity index (χ2v) is 13.0. The molecule has 0 aliphatic rings. The van der Waals surface area contributed by atoms with Crippen LogP contribution in [0.15, 0.2) is 170 Å². The fourth-order valence-electron chi connectivity index (χ4n) is 8.09. The van der Waals surface area contributed by atoms with E-state index < -0.39 is 0 Å². The van der Waals surface area contributed by atoms with Gasteiger partial charge in [-0.3, -0.25) is 0 Å². The summed E-state index contributed by atoms with van der Waals surface area (Å²) in [6.07, 6.45) is 0. The van der Waals surface area contributed by atoms with Gasteiger partial charge in [0.05, 0.1) is 0 Å². The molecule has 1 aromatic heterocycles. The fraction of sp³-hybridized carbons (Fsp3) is 0.0213. The second-order valence-electron chi connectivity index (χ2n) is 13.0. The molecule has 0 aliphatic carbocycles. The Hall–Kier alpha value is -6.18. The van der Waals surface area contributed by atoms with E-state index in [4.69, 9.17) is 0 Å². The molecule has 1 heterocycles. The second kappa shape index (κ2) is 10.4. The molecule has 0 bridgehead atoms. The molecule has 0 N–H and O–H groups in total. The molecule has 0 amide bonds. The minimum absolute atomic E-state index is 1.23. The summed E-state index contributed by atoms with van der Waals surface area (Å²) in [5.41, 5.74) is 10.0. The lowest BCUT2D eigenvalue weighted by Gasteiger charge is -2.18. The van der Waals surface area contributed by atoms with Crippen molar-refractivity contribution in [2.24, 2.45) is 7.05 Å². The molecule has 0 saturated heterocycles. The lowest BCUT2D eigenvalue weighted by Crippen LogP contribution is -1.91. The Morgan fingerprint density at radius 3 is 1.48 bits per heavy atom. The first kappa shape index (κ1) is 27.0. The number of aromatic nitrogens is 1. The summed E-state index contributed by atoms with van der Waals surface area (Å²) in [5.74, 6) is 0. The van der Waals surface area contributed by atoms with E-state index in [1.165, 1.54) is 98.3 Å². The van der Waals surface area contributed by atoms with Crippen molar-refractivity contribution in [3.05, 3.63) is 170 Å². The van der Waals surface area contributed by atoms with Gasteiger partial charge in [-0.2, -0.15) is 0 Å². The SMILES string of the molecule is Cn1c2ccc(-c3c4ccccc4c(-c4ccc(-c5ccc6ccccc6c5)cc4)c4ccccc34)cc2c2c3ccccc3ccc21. The summed E-state index contributed by atoms with van der Waals surface area (Å²) >= 11 is 0. The molecule has 10 aromatic rings. The molecule has 0 unspecified atom stereocenters. The molecule has 224 valence electrons. The van der Waals surface area contributed by atoms with Crippen LogP contribution in [0.25, 0.3) is 98.3 Å². The zero-order valence-electron chi connectivity index (χ0n) is 26.6. The largest absolute Gasteiger partial charge is 0.344 e. The number of rotatable bonds is 3. The van der Waals surface area contributed by atoms with Gasteiger partial charge in [0.15, 0.2) is 0 Å². The van der Waals surface area contributed by atoms with Gasteiger partial charge in [-0.25, -0.2) is 0 Å². The van der Waals surface area contributed by atoms with Gasteiger partial charge in [0.25, 0.3) is 0 Å². The van der Waals surface area contributed by atoms with Gasteiger partial charge < -0.3 is 4.57 Å². The third kappa shape index (κ3) is 3.98. The lowest BCUT2D eigenvalue weighted by atomic mass is 9.85. The van der Waals surface area contributed by atoms with Crippen molar-refractivity contribution in [3.8, 4) is 33.4 Å². The van der Waals surface area contributed by atoms with Crippen molar-refractivity contribution in [3.63, 3.8) is 0 Å². The Morgan fingerprint density at radius 2 is 0.792 bits per heavy atom. The van der Waals surface area contributed by atoms with Crippen LogP contribution in [-0.2, 0) is 7.05 Å². The van der Waals surface area contributed by atoms with Gasteiger partial charge in [0, 0.05) is 28.9 Å². The molecular weight excluding hydrogens is 579 g/mol. The molecule has 0 aliphatic heterocycles. The van der Waals surface area contributed by atoms with E-state index in [0.29, 0.717) is 0 Å². The number of aryl methyl sites for hydroxylation is 1. The van der Waals surface area contributed by atoms with Crippen LogP contribution in [0.4, 0.5) is 0 Å². The summed E-state index contributed by atoms with van der Waals surface area (Å²) in [5, 5.41) is 12.8. The fourth-order valence-corrected chi connectivity index (χ4v) is 8.09. The van der Waals surface area contributed by atoms with E-state index in [1.807, 2.05) is 0 Å². The highest BCUT2D eigenvalue weighted by molar-refractivity contribution is 6.24. The number of hydrogen-bond acceptors (Lipinski definition) is 0. The molecule has 0 atom stereocenters. The normalized spacial score (nSPS) is 11.9. The molecule has 0 spiro atoms. The summed E-state index contributed by atoms with van der Waals surface area (Å²) in [4.78, 5) is 0. The average Bonchev–Trinajstić information content (AvgIpc) is 3.44. The van der Waals surface area contributed by atoms with Gasteiger partial charge in [-0.05, 0) is 101 Å². The van der Waals surface area contributed by atoms with E-state index in [1.54, 1.807) is 0 Å². The first-order valence-corrected chi connectivity index (χ1v) is 16.7. The highest BCUT2D eigenvalue weighted by Crippen LogP contribution is 2.45. The first-order chi connectivity index (χ1) is 23.7. The number of nitrogens with zero attached hydrogens (tertiary/aromatic N) is 1. The molecule has 0 saturated carbocycles. The van der Waals surface area contributed by atoms with Crippen LogP contribution in [-0.4, -0.2) is 4.57 Å². The number of benzene rings is 9. The summed E-state index contributed by atoms with van der Waals surface area (Å²) in [6.45, 7) is 0. The summed E-state index contributed by atoms with van der Waals surface area (Å²) in [7, 11) is 2.18. The molecule has 48 heavy (non-hydrogen) atoms. The van der Waals surface area contributed by atoms with E-state index in [2.05, 4.69) is 181 Å². The maximum atomic E-state index is 2.43. The molecule has 1 nitrogen and oxygen atoms in total. The van der Waals surface area contributed by atoms with Crippen molar-refractivity contribution in [2.75, 3.05) is 0 Å². The Morgan fingerprint density at radius 1 is 0.312 bits per heavy atom. The summed E-state index contributed by atoms with van der Waals surface area (Å²) < 4.78 is 2.34. The number of fused-ring (bicyclic) bond motifs is 8. The van der Waals surface area contributed by atoms with E-state index in [0.717, 1.165) is 0 Å². The Bertz CT molecular complexity index is 2830. The minimum Gasteiger partial charge on any atom is -0.344 e. The van der Waals surface area contributed by atoms with Crippen LogP contribution in [0, 0.1) is 0 Å². The van der Waals surface area contributed by atoms with Crippen LogP contribution in [0.3, 0.4) is 0 Å². The topological polar surface area (TPSA) is 4.93 Å². The predicted octanol–water partition coefficient (Wildman–Crippen LogP) is 12.9. The van der Waals surface area contributed by atoms with Crippen molar-refractivity contribution in [1.82, 2.24) is 4.57 Å². The molecule has 10 rings (SSSR count). The van der Waals surface area contributed by atoms with Crippen molar-refractivity contribution < 1.29 is 0 Å². The average molecular weight is 610 g/mol. The Labute approximate surface area is 278 Å². The van der Waals surface area contributed by atoms with Crippen LogP contribution >= 0.6 is 0 Å². The van der Waals surface area contributed by atoms with Crippen molar-refractivity contribution in [1.29, 1.82) is 0 Å². The zero-order valence-corrected chi connectivity index (χ0v) is 26.6. The Kier molecular flexibility index (Phi) is 5.86. The molecule has 9 aromatic carbocycles.